The van der Waals surface area contributed by atoms with Gasteiger partial charge in [-0.2, -0.15) is 0 Å². The first-order valence-electron chi connectivity index (χ1n) is 10.2. The number of halogens is 4. The summed E-state index contributed by atoms with van der Waals surface area (Å²) in [5.74, 6) is -0.535. The second-order valence-corrected chi connectivity index (χ2v) is 10.1. The molecule has 3 aromatic rings. The molecule has 1 aliphatic rings. The molecule has 0 saturated carbocycles. The van der Waals surface area contributed by atoms with Crippen LogP contribution in [0.1, 0.15) is 28.4 Å². The summed E-state index contributed by atoms with van der Waals surface area (Å²) in [6.07, 6.45) is 1.55. The maximum Gasteiger partial charge on any atom is 0.363 e. The first-order valence-corrected chi connectivity index (χ1v) is 12.8. The average Bonchev–Trinajstić information content (AvgIpc) is 3.18. The number of benzene rings is 3. The number of aliphatic imine (C=N–C) groups is 1. The lowest BCUT2D eigenvalue weighted by atomic mass is 10.1. The Labute approximate surface area is 233 Å². The van der Waals surface area contributed by atoms with Crippen molar-refractivity contribution in [3.63, 3.8) is 0 Å². The standard InChI is InChI=1S/C25H15BrCl2INO5/c1-2-33-21-11-13(9-18(26)22(21)34-24(31)14-3-5-15(27)6-4-14)10-20-25(32)35-23(30-20)17-12-16(29)7-8-19(17)28/h3-12H,2H2,1H3/b20-10-. The second kappa shape index (κ2) is 11.1. The Hall–Kier alpha value is -2.40. The average molecular weight is 687 g/mol. The van der Waals surface area contributed by atoms with Gasteiger partial charge in [-0.05, 0) is 112 Å². The van der Waals surface area contributed by atoms with Crippen molar-refractivity contribution in [3.8, 4) is 11.5 Å². The van der Waals surface area contributed by atoms with Crippen LogP contribution in [0.25, 0.3) is 6.08 Å². The van der Waals surface area contributed by atoms with Gasteiger partial charge in [0, 0.05) is 8.59 Å². The van der Waals surface area contributed by atoms with E-state index in [0.29, 0.717) is 43.6 Å². The third kappa shape index (κ3) is 6.06. The van der Waals surface area contributed by atoms with Crippen LogP contribution in [0.4, 0.5) is 0 Å². The predicted molar refractivity (Wildman–Crippen MR) is 146 cm³/mol. The summed E-state index contributed by atoms with van der Waals surface area (Å²) in [5.41, 5.74) is 1.53. The summed E-state index contributed by atoms with van der Waals surface area (Å²) < 4.78 is 18.0. The summed E-state index contributed by atoms with van der Waals surface area (Å²) in [4.78, 5) is 29.4. The normalized spacial score (nSPS) is 14.0. The van der Waals surface area contributed by atoms with Gasteiger partial charge in [0.25, 0.3) is 0 Å². The quantitative estimate of drug-likeness (QED) is 0.118. The predicted octanol–water partition coefficient (Wildman–Crippen LogP) is 7.32. The van der Waals surface area contributed by atoms with Crippen molar-refractivity contribution in [2.75, 3.05) is 6.61 Å². The van der Waals surface area contributed by atoms with Crippen molar-refractivity contribution in [1.29, 1.82) is 0 Å². The van der Waals surface area contributed by atoms with Crippen LogP contribution in [0.5, 0.6) is 11.5 Å². The molecule has 0 aliphatic carbocycles. The number of hydrogen-bond acceptors (Lipinski definition) is 6. The molecule has 1 heterocycles. The molecule has 4 rings (SSSR count). The van der Waals surface area contributed by atoms with Gasteiger partial charge in [-0.3, -0.25) is 0 Å². The number of ether oxygens (including phenoxy) is 3. The Morgan fingerprint density at radius 2 is 1.89 bits per heavy atom. The molecule has 0 aromatic heterocycles. The number of nitrogens with zero attached hydrogens (tertiary/aromatic N) is 1. The van der Waals surface area contributed by atoms with Gasteiger partial charge in [0.1, 0.15) is 0 Å². The van der Waals surface area contributed by atoms with Crippen LogP contribution in [0.3, 0.4) is 0 Å². The molecule has 0 spiro atoms. The van der Waals surface area contributed by atoms with Crippen molar-refractivity contribution in [3.05, 3.63) is 95.1 Å². The summed E-state index contributed by atoms with van der Waals surface area (Å²) in [6.45, 7) is 2.13. The van der Waals surface area contributed by atoms with Crippen LogP contribution in [0, 0.1) is 3.57 Å². The minimum absolute atomic E-state index is 0.0928. The van der Waals surface area contributed by atoms with Crippen molar-refractivity contribution in [2.45, 2.75) is 6.92 Å². The molecule has 0 N–H and O–H groups in total. The summed E-state index contributed by atoms with van der Waals surface area (Å²) in [5, 5.41) is 0.933. The van der Waals surface area contributed by atoms with Crippen LogP contribution < -0.4 is 9.47 Å². The van der Waals surface area contributed by atoms with Gasteiger partial charge in [0.15, 0.2) is 17.2 Å². The van der Waals surface area contributed by atoms with E-state index in [9.17, 15) is 9.59 Å². The number of hydrogen-bond donors (Lipinski definition) is 0. The number of cyclic esters (lactones) is 1. The van der Waals surface area contributed by atoms with Gasteiger partial charge >= 0.3 is 11.9 Å². The third-order valence-corrected chi connectivity index (χ3v) is 6.53. The lowest BCUT2D eigenvalue weighted by Crippen LogP contribution is -2.10. The van der Waals surface area contributed by atoms with Gasteiger partial charge in [-0.25, -0.2) is 14.6 Å². The van der Waals surface area contributed by atoms with Gasteiger partial charge in [0.05, 0.1) is 27.2 Å². The molecule has 0 bridgehead atoms. The molecule has 3 aromatic carbocycles. The lowest BCUT2D eigenvalue weighted by molar-refractivity contribution is -0.129. The van der Waals surface area contributed by atoms with Crippen LogP contribution in [0.15, 0.2) is 69.8 Å². The minimum Gasteiger partial charge on any atom is -0.490 e. The summed E-state index contributed by atoms with van der Waals surface area (Å²) in [7, 11) is 0. The fraction of sp³-hybridized carbons (Fsp3) is 0.0800. The molecule has 0 saturated heterocycles. The van der Waals surface area contributed by atoms with Crippen LogP contribution in [-0.4, -0.2) is 24.4 Å². The van der Waals surface area contributed by atoms with Crippen molar-refractivity contribution in [1.82, 2.24) is 0 Å². The minimum atomic E-state index is -0.609. The van der Waals surface area contributed by atoms with E-state index in [2.05, 4.69) is 43.5 Å². The van der Waals surface area contributed by atoms with E-state index in [-0.39, 0.29) is 17.3 Å². The van der Waals surface area contributed by atoms with Crippen LogP contribution in [-0.2, 0) is 9.53 Å². The zero-order valence-corrected chi connectivity index (χ0v) is 23.2. The molecule has 0 fully saturated rings. The van der Waals surface area contributed by atoms with Crippen molar-refractivity contribution >= 4 is 85.6 Å². The molecule has 0 amide bonds. The zero-order valence-electron chi connectivity index (χ0n) is 18.0. The molecular weight excluding hydrogens is 672 g/mol. The molecule has 1 aliphatic heterocycles. The van der Waals surface area contributed by atoms with E-state index >= 15 is 0 Å². The van der Waals surface area contributed by atoms with Crippen molar-refractivity contribution in [2.24, 2.45) is 4.99 Å². The molecular formula is C25H15BrCl2INO5. The molecule has 6 nitrogen and oxygen atoms in total. The Balaban J connectivity index is 1.66. The van der Waals surface area contributed by atoms with E-state index in [1.807, 2.05) is 6.07 Å². The maximum absolute atomic E-state index is 12.6. The van der Waals surface area contributed by atoms with E-state index in [0.717, 1.165) is 3.57 Å². The van der Waals surface area contributed by atoms with Gasteiger partial charge in [-0.1, -0.05) is 23.2 Å². The van der Waals surface area contributed by atoms with Gasteiger partial charge < -0.3 is 14.2 Å². The molecule has 10 heteroatoms. The van der Waals surface area contributed by atoms with E-state index < -0.39 is 11.9 Å². The lowest BCUT2D eigenvalue weighted by Gasteiger charge is -2.13. The Morgan fingerprint density at radius 1 is 1.14 bits per heavy atom. The highest BCUT2D eigenvalue weighted by molar-refractivity contribution is 14.1. The second-order valence-electron chi connectivity index (χ2n) is 7.12. The number of carbonyl (C=O) groups excluding carboxylic acids is 2. The Kier molecular flexibility index (Phi) is 8.16. The van der Waals surface area contributed by atoms with Crippen molar-refractivity contribution < 1.29 is 23.8 Å². The first-order chi connectivity index (χ1) is 16.7. The highest BCUT2D eigenvalue weighted by Gasteiger charge is 2.26. The van der Waals surface area contributed by atoms with Gasteiger partial charge in [-0.15, -0.1) is 0 Å². The van der Waals surface area contributed by atoms with Crippen LogP contribution >= 0.6 is 61.7 Å². The Bertz CT molecular complexity index is 1390. The summed E-state index contributed by atoms with van der Waals surface area (Å²) in [6, 6.07) is 15.0. The fourth-order valence-corrected chi connectivity index (χ4v) is 4.47. The maximum atomic E-state index is 12.6. The number of rotatable bonds is 6. The smallest absolute Gasteiger partial charge is 0.363 e. The molecule has 0 atom stereocenters. The highest BCUT2D eigenvalue weighted by Crippen LogP contribution is 2.38. The fourth-order valence-electron chi connectivity index (χ4n) is 3.11. The molecule has 178 valence electrons. The molecule has 0 unspecified atom stereocenters. The first kappa shape index (κ1) is 25.7. The van der Waals surface area contributed by atoms with Crippen LogP contribution in [0.2, 0.25) is 10.0 Å². The topological polar surface area (TPSA) is 74.2 Å². The summed E-state index contributed by atoms with van der Waals surface area (Å²) >= 11 is 17.7. The third-order valence-electron chi connectivity index (χ3n) is 4.69. The largest absolute Gasteiger partial charge is 0.490 e. The molecule has 0 radical (unpaired) electrons. The number of carbonyl (C=O) groups is 2. The molecule has 35 heavy (non-hydrogen) atoms. The monoisotopic (exact) mass is 685 g/mol. The SMILES string of the molecule is CCOc1cc(/C=C2\N=C(c3cc(I)ccc3Cl)OC2=O)cc(Br)c1OC(=O)c1ccc(Cl)cc1. The van der Waals surface area contributed by atoms with Gasteiger partial charge in [0.2, 0.25) is 5.90 Å². The Morgan fingerprint density at radius 3 is 2.60 bits per heavy atom. The highest BCUT2D eigenvalue weighted by atomic mass is 127. The zero-order chi connectivity index (χ0) is 25.1. The van der Waals surface area contributed by atoms with E-state index in [1.165, 1.54) is 0 Å². The van der Waals surface area contributed by atoms with E-state index in [4.69, 9.17) is 37.4 Å². The van der Waals surface area contributed by atoms with E-state index in [1.54, 1.807) is 61.5 Å². The number of esters is 2.